The maximum atomic E-state index is 14.0. The maximum Gasteiger partial charge on any atom is 0.251 e. The lowest BCUT2D eigenvalue weighted by atomic mass is 10.0. The highest BCUT2D eigenvalue weighted by atomic mass is 19.1. The number of hydrogen-bond donors (Lipinski definition) is 2. The second-order valence-electron chi connectivity index (χ2n) is 8.26. The van der Waals surface area contributed by atoms with E-state index < -0.39 is 6.04 Å². The zero-order valence-corrected chi connectivity index (χ0v) is 18.7. The largest absolute Gasteiger partial charge is 0.369 e. The van der Waals surface area contributed by atoms with Crippen LogP contribution in [0.1, 0.15) is 40.0 Å². The van der Waals surface area contributed by atoms with Gasteiger partial charge >= 0.3 is 0 Å². The molecule has 0 aliphatic carbocycles. The van der Waals surface area contributed by atoms with Gasteiger partial charge in [0, 0.05) is 43.0 Å². The first-order valence-electron chi connectivity index (χ1n) is 10.6. The van der Waals surface area contributed by atoms with Gasteiger partial charge in [-0.15, -0.1) is 0 Å². The molecule has 31 heavy (non-hydrogen) atoms. The van der Waals surface area contributed by atoms with E-state index in [9.17, 15) is 14.0 Å². The van der Waals surface area contributed by atoms with Gasteiger partial charge in [0.05, 0.1) is 12.6 Å². The Morgan fingerprint density at radius 3 is 2.42 bits per heavy atom. The molecular formula is C24H31FN4O2. The highest BCUT2D eigenvalue weighted by molar-refractivity contribution is 5.96. The Morgan fingerprint density at radius 2 is 1.74 bits per heavy atom. The number of carbonyl (C=O) groups excluding carboxylic acids is 2. The molecule has 1 heterocycles. The highest BCUT2D eigenvalue weighted by Crippen LogP contribution is 2.28. The van der Waals surface area contributed by atoms with Gasteiger partial charge in [-0.2, -0.15) is 0 Å². The second-order valence-corrected chi connectivity index (χ2v) is 8.26. The van der Waals surface area contributed by atoms with Crippen molar-refractivity contribution in [3.63, 3.8) is 0 Å². The Kier molecular flexibility index (Phi) is 7.28. The average Bonchev–Trinajstić information content (AvgIpc) is 2.74. The Balaban J connectivity index is 1.62. The molecule has 2 amide bonds. The average molecular weight is 427 g/mol. The SMILES string of the molecule is Cc1ccc(C(=O)NCC(=O)N[C@@H](C)c2cc(F)ccc2N2CCN(C)CC2)cc1C. The summed E-state index contributed by atoms with van der Waals surface area (Å²) in [5.41, 5.74) is 4.31. The molecule has 1 aliphatic rings. The van der Waals surface area contributed by atoms with Crippen LogP contribution in [0.4, 0.5) is 10.1 Å². The van der Waals surface area contributed by atoms with Crippen LogP contribution in [0, 0.1) is 19.7 Å². The molecule has 0 saturated carbocycles. The van der Waals surface area contributed by atoms with Crippen LogP contribution in [0.15, 0.2) is 36.4 Å². The number of nitrogens with one attached hydrogen (secondary N) is 2. The Hall–Kier alpha value is -2.93. The number of anilines is 1. The van der Waals surface area contributed by atoms with Gasteiger partial charge in [-0.05, 0) is 69.3 Å². The smallest absolute Gasteiger partial charge is 0.251 e. The number of hydrogen-bond acceptors (Lipinski definition) is 4. The molecule has 0 aromatic heterocycles. The fourth-order valence-corrected chi connectivity index (χ4v) is 3.72. The van der Waals surface area contributed by atoms with Gasteiger partial charge < -0.3 is 20.4 Å². The molecule has 0 radical (unpaired) electrons. The van der Waals surface area contributed by atoms with E-state index in [1.807, 2.05) is 26.8 Å². The first-order chi connectivity index (χ1) is 14.7. The minimum atomic E-state index is -0.392. The Morgan fingerprint density at radius 1 is 1.03 bits per heavy atom. The molecule has 1 fully saturated rings. The third kappa shape index (κ3) is 5.82. The molecule has 2 N–H and O–H groups in total. The minimum Gasteiger partial charge on any atom is -0.369 e. The number of nitrogens with zero attached hydrogens (tertiary/aromatic N) is 2. The summed E-state index contributed by atoms with van der Waals surface area (Å²) < 4.78 is 14.0. The van der Waals surface area contributed by atoms with E-state index in [-0.39, 0.29) is 24.2 Å². The number of benzene rings is 2. The number of likely N-dealkylation sites (N-methyl/N-ethyl adjacent to an activating group) is 1. The molecule has 2 aromatic carbocycles. The summed E-state index contributed by atoms with van der Waals surface area (Å²) in [7, 11) is 2.08. The van der Waals surface area contributed by atoms with Crippen molar-refractivity contribution >= 4 is 17.5 Å². The number of rotatable bonds is 6. The molecule has 166 valence electrons. The van der Waals surface area contributed by atoms with Gasteiger partial charge in [-0.1, -0.05) is 6.07 Å². The van der Waals surface area contributed by atoms with Gasteiger partial charge in [-0.3, -0.25) is 9.59 Å². The number of halogens is 1. The van der Waals surface area contributed by atoms with Crippen LogP contribution < -0.4 is 15.5 Å². The van der Waals surface area contributed by atoms with Gasteiger partial charge in [-0.25, -0.2) is 4.39 Å². The zero-order chi connectivity index (χ0) is 22.5. The van der Waals surface area contributed by atoms with Crippen LogP contribution >= 0.6 is 0 Å². The second kappa shape index (κ2) is 9.92. The van der Waals surface area contributed by atoms with Gasteiger partial charge in [0.25, 0.3) is 5.91 Å². The number of aryl methyl sites for hydroxylation is 2. The monoisotopic (exact) mass is 426 g/mol. The van der Waals surface area contributed by atoms with Crippen molar-refractivity contribution in [1.29, 1.82) is 0 Å². The molecule has 0 spiro atoms. The zero-order valence-electron chi connectivity index (χ0n) is 18.7. The highest BCUT2D eigenvalue weighted by Gasteiger charge is 2.21. The van der Waals surface area contributed by atoms with Gasteiger partial charge in [0.2, 0.25) is 5.91 Å². The van der Waals surface area contributed by atoms with Crippen molar-refractivity contribution in [1.82, 2.24) is 15.5 Å². The summed E-state index contributed by atoms with van der Waals surface area (Å²) in [4.78, 5) is 29.3. The molecule has 0 bridgehead atoms. The summed E-state index contributed by atoms with van der Waals surface area (Å²) in [6, 6.07) is 9.75. The van der Waals surface area contributed by atoms with Crippen LogP contribution in [-0.2, 0) is 4.79 Å². The van der Waals surface area contributed by atoms with E-state index in [0.29, 0.717) is 5.56 Å². The van der Waals surface area contributed by atoms with E-state index >= 15 is 0 Å². The number of amides is 2. The lowest BCUT2D eigenvalue weighted by molar-refractivity contribution is -0.120. The predicted molar refractivity (Wildman–Crippen MR) is 121 cm³/mol. The van der Waals surface area contributed by atoms with Crippen LogP contribution in [0.3, 0.4) is 0 Å². The molecule has 7 heteroatoms. The molecular weight excluding hydrogens is 395 g/mol. The van der Waals surface area contributed by atoms with Crippen molar-refractivity contribution < 1.29 is 14.0 Å². The molecule has 2 aromatic rings. The molecule has 1 aliphatic heterocycles. The molecule has 0 unspecified atom stereocenters. The Bertz CT molecular complexity index is 955. The van der Waals surface area contributed by atoms with Gasteiger partial charge in [0.15, 0.2) is 0 Å². The van der Waals surface area contributed by atoms with E-state index in [0.717, 1.165) is 48.6 Å². The third-order valence-electron chi connectivity index (χ3n) is 5.86. The predicted octanol–water partition coefficient (Wildman–Crippen LogP) is 2.80. The topological polar surface area (TPSA) is 64.7 Å². The maximum absolute atomic E-state index is 14.0. The van der Waals surface area contributed by atoms with Crippen molar-refractivity contribution in [3.05, 3.63) is 64.5 Å². The fraction of sp³-hybridized carbons (Fsp3) is 0.417. The standard InChI is InChI=1S/C24H31FN4O2/c1-16-5-6-19(13-17(16)2)24(31)26-15-23(30)27-18(3)21-14-20(25)7-8-22(21)29-11-9-28(4)10-12-29/h5-8,13-14,18H,9-12,15H2,1-4H3,(H,26,31)(H,27,30)/t18-/m0/s1. The number of carbonyl (C=O) groups is 2. The van der Waals surface area contributed by atoms with Crippen molar-refractivity contribution in [2.24, 2.45) is 0 Å². The van der Waals surface area contributed by atoms with Crippen molar-refractivity contribution in [2.75, 3.05) is 44.7 Å². The molecule has 1 saturated heterocycles. The van der Waals surface area contributed by atoms with Crippen LogP contribution in [0.5, 0.6) is 0 Å². The quantitative estimate of drug-likeness (QED) is 0.746. The number of piperazine rings is 1. The summed E-state index contributed by atoms with van der Waals surface area (Å²) in [5, 5.41) is 5.54. The molecule has 1 atom stereocenters. The molecule has 6 nitrogen and oxygen atoms in total. The van der Waals surface area contributed by atoms with Crippen LogP contribution in [-0.4, -0.2) is 56.5 Å². The first-order valence-corrected chi connectivity index (χ1v) is 10.6. The summed E-state index contributed by atoms with van der Waals surface area (Å²) in [6.45, 7) is 9.17. The third-order valence-corrected chi connectivity index (χ3v) is 5.86. The van der Waals surface area contributed by atoms with E-state index in [4.69, 9.17) is 0 Å². The van der Waals surface area contributed by atoms with Crippen molar-refractivity contribution in [3.8, 4) is 0 Å². The van der Waals surface area contributed by atoms with Gasteiger partial charge in [0.1, 0.15) is 5.82 Å². The molecule has 3 rings (SSSR count). The van der Waals surface area contributed by atoms with Crippen LogP contribution in [0.25, 0.3) is 0 Å². The summed E-state index contributed by atoms with van der Waals surface area (Å²) >= 11 is 0. The fourth-order valence-electron chi connectivity index (χ4n) is 3.72. The first kappa shape index (κ1) is 22.7. The van der Waals surface area contributed by atoms with Crippen molar-refractivity contribution in [2.45, 2.75) is 26.8 Å². The summed E-state index contributed by atoms with van der Waals surface area (Å²) in [6.07, 6.45) is 0. The van der Waals surface area contributed by atoms with E-state index in [2.05, 4.69) is 27.5 Å². The lowest BCUT2D eigenvalue weighted by Crippen LogP contribution is -2.45. The normalized spacial score (nSPS) is 15.5. The minimum absolute atomic E-state index is 0.144. The van der Waals surface area contributed by atoms with E-state index in [1.54, 1.807) is 18.2 Å². The van der Waals surface area contributed by atoms with Crippen LogP contribution in [0.2, 0.25) is 0 Å². The van der Waals surface area contributed by atoms with E-state index in [1.165, 1.54) is 12.1 Å². The Labute approximate surface area is 183 Å². The summed E-state index contributed by atoms with van der Waals surface area (Å²) in [5.74, 6) is -0.954. The lowest BCUT2D eigenvalue weighted by Gasteiger charge is -2.36.